The highest BCUT2D eigenvalue weighted by Gasteiger charge is 2.07. The van der Waals surface area contributed by atoms with Gasteiger partial charge in [0.25, 0.3) is 0 Å². The number of H-pyrrole nitrogens is 1. The van der Waals surface area contributed by atoms with Crippen molar-refractivity contribution < 1.29 is 0 Å². The molecule has 5 aromatic rings. The SMILES string of the molecule is Cc1cc(Nc2cc3[nH]c(-c4ccncc4)cc3cn2)cc(-n2cncn2)c1. The van der Waals surface area contributed by atoms with Gasteiger partial charge in [0.2, 0.25) is 0 Å². The lowest BCUT2D eigenvalue weighted by Crippen LogP contribution is -1.99. The second-order valence-electron chi connectivity index (χ2n) is 6.60. The summed E-state index contributed by atoms with van der Waals surface area (Å²) in [6.45, 7) is 2.05. The van der Waals surface area contributed by atoms with E-state index in [1.165, 1.54) is 6.33 Å². The van der Waals surface area contributed by atoms with Crippen LogP contribution in [0.2, 0.25) is 0 Å². The Morgan fingerprint density at radius 2 is 1.89 bits per heavy atom. The molecule has 0 aliphatic rings. The molecular weight excluding hydrogens is 350 g/mol. The molecule has 5 rings (SSSR count). The lowest BCUT2D eigenvalue weighted by atomic mass is 10.2. The molecule has 0 saturated heterocycles. The van der Waals surface area contributed by atoms with E-state index in [0.29, 0.717) is 0 Å². The zero-order chi connectivity index (χ0) is 18.9. The number of aromatic amines is 1. The normalized spacial score (nSPS) is 11.0. The van der Waals surface area contributed by atoms with Crippen LogP contribution in [0.1, 0.15) is 5.56 Å². The van der Waals surface area contributed by atoms with Crippen molar-refractivity contribution in [3.63, 3.8) is 0 Å². The van der Waals surface area contributed by atoms with E-state index in [1.807, 2.05) is 37.4 Å². The largest absolute Gasteiger partial charge is 0.354 e. The van der Waals surface area contributed by atoms with Gasteiger partial charge in [-0.15, -0.1) is 0 Å². The molecule has 0 spiro atoms. The lowest BCUT2D eigenvalue weighted by molar-refractivity contribution is 0.878. The highest BCUT2D eigenvalue weighted by molar-refractivity contribution is 5.87. The number of hydrogen-bond donors (Lipinski definition) is 2. The quantitative estimate of drug-likeness (QED) is 0.496. The van der Waals surface area contributed by atoms with Crippen LogP contribution in [0.15, 0.2) is 73.7 Å². The Hall–Kier alpha value is -4.00. The zero-order valence-corrected chi connectivity index (χ0v) is 15.2. The third-order valence-corrected chi connectivity index (χ3v) is 4.51. The highest BCUT2D eigenvalue weighted by Crippen LogP contribution is 2.26. The Kier molecular flexibility index (Phi) is 3.83. The summed E-state index contributed by atoms with van der Waals surface area (Å²) in [4.78, 5) is 16.1. The van der Waals surface area contributed by atoms with Gasteiger partial charge < -0.3 is 10.3 Å². The second kappa shape index (κ2) is 6.62. The second-order valence-corrected chi connectivity index (χ2v) is 6.60. The van der Waals surface area contributed by atoms with E-state index in [1.54, 1.807) is 23.4 Å². The van der Waals surface area contributed by atoms with Crippen molar-refractivity contribution in [2.24, 2.45) is 0 Å². The summed E-state index contributed by atoms with van der Waals surface area (Å²) in [5.74, 6) is 0.769. The molecule has 0 bridgehead atoms. The minimum absolute atomic E-state index is 0.769. The van der Waals surface area contributed by atoms with Crippen LogP contribution in [-0.2, 0) is 0 Å². The van der Waals surface area contributed by atoms with Crippen LogP contribution >= 0.6 is 0 Å². The lowest BCUT2D eigenvalue weighted by Gasteiger charge is -2.09. The number of rotatable bonds is 4. The molecule has 7 heteroatoms. The molecule has 0 radical (unpaired) electrons. The molecule has 0 unspecified atom stereocenters. The third kappa shape index (κ3) is 3.09. The fourth-order valence-electron chi connectivity index (χ4n) is 3.24. The first kappa shape index (κ1) is 16.2. The molecule has 0 atom stereocenters. The van der Waals surface area contributed by atoms with Gasteiger partial charge in [-0.25, -0.2) is 14.6 Å². The number of anilines is 2. The summed E-state index contributed by atoms with van der Waals surface area (Å²) < 4.78 is 1.74. The molecule has 0 fully saturated rings. The van der Waals surface area contributed by atoms with Gasteiger partial charge in [0.1, 0.15) is 18.5 Å². The minimum Gasteiger partial charge on any atom is -0.354 e. The van der Waals surface area contributed by atoms with Gasteiger partial charge in [-0.3, -0.25) is 4.98 Å². The van der Waals surface area contributed by atoms with Crippen molar-refractivity contribution >= 4 is 22.4 Å². The Bertz CT molecular complexity index is 1240. The van der Waals surface area contributed by atoms with E-state index < -0.39 is 0 Å². The van der Waals surface area contributed by atoms with Crippen molar-refractivity contribution in [2.45, 2.75) is 6.92 Å². The molecule has 136 valence electrons. The van der Waals surface area contributed by atoms with Crippen LogP contribution in [0.5, 0.6) is 0 Å². The summed E-state index contributed by atoms with van der Waals surface area (Å²) in [5, 5.41) is 8.65. The van der Waals surface area contributed by atoms with Crippen molar-refractivity contribution in [1.82, 2.24) is 29.7 Å². The van der Waals surface area contributed by atoms with Crippen LogP contribution < -0.4 is 5.32 Å². The first-order valence-corrected chi connectivity index (χ1v) is 8.87. The van der Waals surface area contributed by atoms with Gasteiger partial charge in [0.15, 0.2) is 0 Å². The number of nitrogens with zero attached hydrogens (tertiary/aromatic N) is 5. The van der Waals surface area contributed by atoms with Crippen LogP contribution in [0.3, 0.4) is 0 Å². The van der Waals surface area contributed by atoms with E-state index in [4.69, 9.17) is 0 Å². The maximum Gasteiger partial charge on any atom is 0.138 e. The molecule has 0 aliphatic carbocycles. The average Bonchev–Trinajstić information content (AvgIpc) is 3.38. The number of aromatic nitrogens is 6. The summed E-state index contributed by atoms with van der Waals surface area (Å²) in [5.41, 5.74) is 6.17. The molecule has 2 N–H and O–H groups in total. The number of pyridine rings is 2. The fourth-order valence-corrected chi connectivity index (χ4v) is 3.24. The topological polar surface area (TPSA) is 84.3 Å². The molecule has 28 heavy (non-hydrogen) atoms. The van der Waals surface area contributed by atoms with Crippen LogP contribution in [-0.4, -0.2) is 29.7 Å². The van der Waals surface area contributed by atoms with E-state index in [2.05, 4.69) is 48.6 Å². The Morgan fingerprint density at radius 1 is 1.00 bits per heavy atom. The van der Waals surface area contributed by atoms with Crippen LogP contribution in [0, 0.1) is 6.92 Å². The summed E-state index contributed by atoms with van der Waals surface area (Å²) in [7, 11) is 0. The molecule has 1 aromatic carbocycles. The van der Waals surface area contributed by atoms with E-state index >= 15 is 0 Å². The van der Waals surface area contributed by atoms with E-state index in [-0.39, 0.29) is 0 Å². The summed E-state index contributed by atoms with van der Waals surface area (Å²) in [6, 6.07) is 14.2. The van der Waals surface area contributed by atoms with Gasteiger partial charge in [0.05, 0.1) is 11.2 Å². The van der Waals surface area contributed by atoms with Crippen molar-refractivity contribution in [3.8, 4) is 16.9 Å². The number of fused-ring (bicyclic) bond motifs is 1. The molecule has 4 aromatic heterocycles. The highest BCUT2D eigenvalue weighted by atomic mass is 15.3. The monoisotopic (exact) mass is 367 g/mol. The molecular formula is C21H17N7. The third-order valence-electron chi connectivity index (χ3n) is 4.51. The predicted molar refractivity (Wildman–Crippen MR) is 109 cm³/mol. The molecule has 7 nitrogen and oxygen atoms in total. The standard InChI is InChI=1S/C21H17N7/c1-14-6-17(9-18(7-14)28-13-23-12-25-28)26-21-10-20-16(11-24-21)8-19(27-20)15-2-4-22-5-3-15/h2-13,27H,1H3,(H,24,26). The Labute approximate surface area is 161 Å². The number of nitrogens with one attached hydrogen (secondary N) is 2. The van der Waals surface area contributed by atoms with Gasteiger partial charge in [-0.1, -0.05) is 0 Å². The van der Waals surface area contributed by atoms with Crippen molar-refractivity contribution in [2.75, 3.05) is 5.32 Å². The smallest absolute Gasteiger partial charge is 0.138 e. The Morgan fingerprint density at radius 3 is 2.71 bits per heavy atom. The fraction of sp³-hybridized carbons (Fsp3) is 0.0476. The molecule has 0 amide bonds. The number of benzene rings is 1. The first-order chi connectivity index (χ1) is 13.7. The van der Waals surface area contributed by atoms with Gasteiger partial charge in [-0.05, 0) is 48.9 Å². The van der Waals surface area contributed by atoms with Crippen molar-refractivity contribution in [3.05, 3.63) is 79.3 Å². The minimum atomic E-state index is 0.769. The van der Waals surface area contributed by atoms with Crippen molar-refractivity contribution in [1.29, 1.82) is 0 Å². The zero-order valence-electron chi connectivity index (χ0n) is 15.2. The summed E-state index contributed by atoms with van der Waals surface area (Å²) in [6.07, 6.45) is 8.65. The van der Waals surface area contributed by atoms with Gasteiger partial charge in [-0.2, -0.15) is 5.10 Å². The number of hydrogen-bond acceptors (Lipinski definition) is 5. The van der Waals surface area contributed by atoms with Crippen LogP contribution in [0.25, 0.3) is 27.8 Å². The van der Waals surface area contributed by atoms with Gasteiger partial charge >= 0.3 is 0 Å². The first-order valence-electron chi connectivity index (χ1n) is 8.87. The molecule has 0 saturated carbocycles. The maximum absolute atomic E-state index is 4.55. The molecule has 4 heterocycles. The predicted octanol–water partition coefficient (Wildman–Crippen LogP) is 4.26. The van der Waals surface area contributed by atoms with E-state index in [0.717, 1.165) is 44.9 Å². The maximum atomic E-state index is 4.55. The summed E-state index contributed by atoms with van der Waals surface area (Å²) >= 11 is 0. The average molecular weight is 367 g/mol. The number of aryl methyl sites for hydroxylation is 1. The van der Waals surface area contributed by atoms with E-state index in [9.17, 15) is 0 Å². The Balaban J connectivity index is 1.47. The van der Waals surface area contributed by atoms with Crippen LogP contribution in [0.4, 0.5) is 11.5 Å². The molecule has 0 aliphatic heterocycles. The van der Waals surface area contributed by atoms with Gasteiger partial charge in [0, 0.05) is 47.0 Å².